The number of aryl methyl sites for hydroxylation is 1. The first-order valence-corrected chi connectivity index (χ1v) is 5.75. The van der Waals surface area contributed by atoms with E-state index in [1.807, 2.05) is 0 Å². The molecule has 1 aromatic heterocycles. The van der Waals surface area contributed by atoms with Crippen molar-refractivity contribution < 1.29 is 13.9 Å². The van der Waals surface area contributed by atoms with E-state index in [4.69, 9.17) is 10.2 Å². The number of rotatable bonds is 3. The maximum absolute atomic E-state index is 11.4. The second-order valence-electron chi connectivity index (χ2n) is 4.46. The van der Waals surface area contributed by atoms with Crippen molar-refractivity contribution in [2.75, 3.05) is 20.2 Å². The Bertz CT molecular complexity index is 414. The van der Waals surface area contributed by atoms with Crippen LogP contribution in [0.4, 0.5) is 0 Å². The van der Waals surface area contributed by atoms with Crippen LogP contribution >= 0.6 is 0 Å². The SMILES string of the molecule is COC(=O)c1cc(CN2CC[C@H](N)C2)oc1C. The van der Waals surface area contributed by atoms with Gasteiger partial charge in [0, 0.05) is 19.1 Å². The topological polar surface area (TPSA) is 68.7 Å². The lowest BCUT2D eigenvalue weighted by molar-refractivity contribution is 0.0599. The highest BCUT2D eigenvalue weighted by Crippen LogP contribution is 2.19. The van der Waals surface area contributed by atoms with Crippen molar-refractivity contribution in [1.82, 2.24) is 4.90 Å². The van der Waals surface area contributed by atoms with Gasteiger partial charge in [0.1, 0.15) is 17.1 Å². The molecule has 17 heavy (non-hydrogen) atoms. The second-order valence-corrected chi connectivity index (χ2v) is 4.46. The highest BCUT2D eigenvalue weighted by atomic mass is 16.5. The zero-order valence-electron chi connectivity index (χ0n) is 10.2. The van der Waals surface area contributed by atoms with Crippen LogP contribution in [0, 0.1) is 6.92 Å². The van der Waals surface area contributed by atoms with Gasteiger partial charge in [-0.25, -0.2) is 4.79 Å². The largest absolute Gasteiger partial charge is 0.465 e. The minimum atomic E-state index is -0.351. The van der Waals surface area contributed by atoms with E-state index < -0.39 is 0 Å². The predicted molar refractivity (Wildman–Crippen MR) is 62.7 cm³/mol. The number of hydrogen-bond donors (Lipinski definition) is 1. The number of hydrogen-bond acceptors (Lipinski definition) is 5. The zero-order chi connectivity index (χ0) is 12.4. The molecule has 1 fully saturated rings. The molecule has 0 aliphatic carbocycles. The highest BCUT2D eigenvalue weighted by molar-refractivity contribution is 5.90. The summed E-state index contributed by atoms with van der Waals surface area (Å²) in [5.41, 5.74) is 6.34. The van der Waals surface area contributed by atoms with E-state index in [9.17, 15) is 4.79 Å². The Morgan fingerprint density at radius 3 is 3.06 bits per heavy atom. The first-order valence-electron chi connectivity index (χ1n) is 5.75. The Kier molecular flexibility index (Phi) is 3.49. The van der Waals surface area contributed by atoms with Crippen LogP contribution in [0.15, 0.2) is 10.5 Å². The van der Waals surface area contributed by atoms with Crippen molar-refractivity contribution in [2.24, 2.45) is 5.73 Å². The van der Waals surface area contributed by atoms with Gasteiger partial charge in [-0.05, 0) is 19.4 Å². The minimum Gasteiger partial charge on any atom is -0.465 e. The second kappa shape index (κ2) is 4.89. The summed E-state index contributed by atoms with van der Waals surface area (Å²) in [4.78, 5) is 13.6. The van der Waals surface area contributed by atoms with Crippen LogP contribution in [0.25, 0.3) is 0 Å². The molecule has 2 N–H and O–H groups in total. The molecule has 0 spiro atoms. The first-order chi connectivity index (χ1) is 8.10. The number of likely N-dealkylation sites (tertiary alicyclic amines) is 1. The molecule has 1 saturated heterocycles. The van der Waals surface area contributed by atoms with Gasteiger partial charge in [-0.15, -0.1) is 0 Å². The molecule has 94 valence electrons. The smallest absolute Gasteiger partial charge is 0.341 e. The molecule has 0 amide bonds. The van der Waals surface area contributed by atoms with Gasteiger partial charge in [0.25, 0.3) is 0 Å². The predicted octanol–water partition coefficient (Wildman–Crippen LogP) is 0.908. The van der Waals surface area contributed by atoms with Crippen molar-refractivity contribution in [3.8, 4) is 0 Å². The van der Waals surface area contributed by atoms with E-state index in [0.717, 1.165) is 25.3 Å². The summed E-state index contributed by atoms with van der Waals surface area (Å²) in [6, 6.07) is 2.01. The van der Waals surface area contributed by atoms with Crippen molar-refractivity contribution in [2.45, 2.75) is 25.9 Å². The molecule has 1 aliphatic heterocycles. The molecule has 0 radical (unpaired) electrons. The molecular weight excluding hydrogens is 220 g/mol. The lowest BCUT2D eigenvalue weighted by Crippen LogP contribution is -2.26. The summed E-state index contributed by atoms with van der Waals surface area (Å²) in [5, 5.41) is 0. The van der Waals surface area contributed by atoms with E-state index in [1.165, 1.54) is 7.11 Å². The van der Waals surface area contributed by atoms with Crippen LogP contribution < -0.4 is 5.73 Å². The average molecular weight is 238 g/mol. The molecule has 0 unspecified atom stereocenters. The van der Waals surface area contributed by atoms with Gasteiger partial charge >= 0.3 is 5.97 Å². The van der Waals surface area contributed by atoms with Crippen LogP contribution in [0.3, 0.4) is 0 Å². The third-order valence-corrected chi connectivity index (χ3v) is 3.06. The van der Waals surface area contributed by atoms with Gasteiger partial charge in [0.15, 0.2) is 0 Å². The number of nitrogens with zero attached hydrogens (tertiary/aromatic N) is 1. The average Bonchev–Trinajstić information content (AvgIpc) is 2.85. The van der Waals surface area contributed by atoms with Gasteiger partial charge in [-0.2, -0.15) is 0 Å². The Labute approximate surface area is 101 Å². The maximum Gasteiger partial charge on any atom is 0.341 e. The normalized spacial score (nSPS) is 20.8. The van der Waals surface area contributed by atoms with Gasteiger partial charge in [0.05, 0.1) is 13.7 Å². The van der Waals surface area contributed by atoms with E-state index >= 15 is 0 Å². The number of esters is 1. The summed E-state index contributed by atoms with van der Waals surface area (Å²) in [6.07, 6.45) is 1.02. The third kappa shape index (κ3) is 2.68. The quantitative estimate of drug-likeness (QED) is 0.793. The van der Waals surface area contributed by atoms with Crippen molar-refractivity contribution in [3.63, 3.8) is 0 Å². The van der Waals surface area contributed by atoms with Gasteiger partial charge in [-0.1, -0.05) is 0 Å². The molecular formula is C12H18N2O3. The molecule has 1 atom stereocenters. The van der Waals surface area contributed by atoms with Gasteiger partial charge in [0.2, 0.25) is 0 Å². The number of ether oxygens (including phenoxy) is 1. The molecule has 0 aromatic carbocycles. The molecule has 0 bridgehead atoms. The van der Waals surface area contributed by atoms with E-state index in [2.05, 4.69) is 9.64 Å². The van der Waals surface area contributed by atoms with Gasteiger partial charge < -0.3 is 14.9 Å². The molecule has 1 aliphatic rings. The molecule has 5 nitrogen and oxygen atoms in total. The number of carbonyl (C=O) groups excluding carboxylic acids is 1. The fourth-order valence-corrected chi connectivity index (χ4v) is 2.16. The number of nitrogens with two attached hydrogens (primary N) is 1. The Morgan fingerprint density at radius 1 is 1.71 bits per heavy atom. The summed E-state index contributed by atoms with van der Waals surface area (Å²) >= 11 is 0. The Hall–Kier alpha value is -1.33. The van der Waals surface area contributed by atoms with E-state index in [1.54, 1.807) is 13.0 Å². The maximum atomic E-state index is 11.4. The number of furan rings is 1. The molecule has 2 rings (SSSR count). The Morgan fingerprint density at radius 2 is 2.47 bits per heavy atom. The zero-order valence-corrected chi connectivity index (χ0v) is 10.2. The van der Waals surface area contributed by atoms with Gasteiger partial charge in [-0.3, -0.25) is 4.90 Å². The first kappa shape index (κ1) is 12.1. The van der Waals surface area contributed by atoms with Crippen molar-refractivity contribution in [1.29, 1.82) is 0 Å². The summed E-state index contributed by atoms with van der Waals surface area (Å²) in [6.45, 7) is 4.33. The molecule has 5 heteroatoms. The standard InChI is InChI=1S/C12H18N2O3/c1-8-11(12(15)16-2)5-10(17-8)7-14-4-3-9(13)6-14/h5,9H,3-4,6-7,13H2,1-2H3/t9-/m0/s1. The van der Waals surface area contributed by atoms with Crippen molar-refractivity contribution in [3.05, 3.63) is 23.2 Å². The third-order valence-electron chi connectivity index (χ3n) is 3.06. The number of carbonyl (C=O) groups is 1. The Balaban J connectivity index is 2.05. The minimum absolute atomic E-state index is 0.256. The summed E-state index contributed by atoms with van der Waals surface area (Å²) in [7, 11) is 1.37. The van der Waals surface area contributed by atoms with E-state index in [0.29, 0.717) is 17.9 Å². The fraction of sp³-hybridized carbons (Fsp3) is 0.583. The molecule has 1 aromatic rings. The van der Waals surface area contributed by atoms with Crippen LogP contribution in [-0.4, -0.2) is 37.1 Å². The van der Waals surface area contributed by atoms with Crippen LogP contribution in [0.1, 0.15) is 28.3 Å². The number of methoxy groups -OCH3 is 1. The summed E-state index contributed by atoms with van der Waals surface area (Å²) in [5.74, 6) is 1.04. The lowest BCUT2D eigenvalue weighted by atomic mass is 10.2. The van der Waals surface area contributed by atoms with Crippen molar-refractivity contribution >= 4 is 5.97 Å². The highest BCUT2D eigenvalue weighted by Gasteiger charge is 2.22. The van der Waals surface area contributed by atoms with Crippen LogP contribution in [0.2, 0.25) is 0 Å². The van der Waals surface area contributed by atoms with Crippen LogP contribution in [-0.2, 0) is 11.3 Å². The summed E-state index contributed by atoms with van der Waals surface area (Å²) < 4.78 is 10.2. The van der Waals surface area contributed by atoms with Crippen LogP contribution in [0.5, 0.6) is 0 Å². The molecule has 0 saturated carbocycles. The van der Waals surface area contributed by atoms with E-state index in [-0.39, 0.29) is 12.0 Å². The lowest BCUT2D eigenvalue weighted by Gasteiger charge is -2.12. The monoisotopic (exact) mass is 238 g/mol. The molecule has 2 heterocycles. The fourth-order valence-electron chi connectivity index (χ4n) is 2.16.